The Morgan fingerprint density at radius 3 is 2.56 bits per heavy atom. The van der Waals surface area contributed by atoms with E-state index in [1.54, 1.807) is 36.4 Å². The van der Waals surface area contributed by atoms with Gasteiger partial charge in [-0.1, -0.05) is 18.2 Å². The van der Waals surface area contributed by atoms with Gasteiger partial charge in [-0.05, 0) is 49.2 Å². The van der Waals surface area contributed by atoms with Gasteiger partial charge in [0.2, 0.25) is 5.95 Å². The lowest BCUT2D eigenvalue weighted by Gasteiger charge is -2.10. The van der Waals surface area contributed by atoms with Crippen LogP contribution in [0.5, 0.6) is 0 Å². The van der Waals surface area contributed by atoms with Gasteiger partial charge in [-0.2, -0.15) is 4.98 Å². The van der Waals surface area contributed by atoms with Crippen molar-refractivity contribution in [3.63, 3.8) is 0 Å². The Bertz CT molecular complexity index is 945. The summed E-state index contributed by atoms with van der Waals surface area (Å²) in [6.07, 6.45) is 0.517. The van der Waals surface area contributed by atoms with E-state index >= 15 is 0 Å². The number of nitrogens with zero attached hydrogens (tertiary/aromatic N) is 2. The molecular weight excluding hydrogens is 347 g/mol. The van der Waals surface area contributed by atoms with Crippen LogP contribution in [0, 0.1) is 12.7 Å². The third-order valence-electron chi connectivity index (χ3n) is 3.89. The second-order valence-electron chi connectivity index (χ2n) is 5.99. The number of benzene rings is 2. The van der Waals surface area contributed by atoms with E-state index in [0.717, 1.165) is 11.4 Å². The molecule has 1 aromatic heterocycles. The topological polar surface area (TPSA) is 87.1 Å². The number of hydrogen-bond acceptors (Lipinski definition) is 5. The van der Waals surface area contributed by atoms with Crippen LogP contribution in [0.3, 0.4) is 0 Å². The Balaban J connectivity index is 1.65. The Labute approximate surface area is 156 Å². The molecule has 3 rings (SSSR count). The number of carboxylic acid groups (broad SMARTS) is 1. The quantitative estimate of drug-likeness (QED) is 0.585. The van der Waals surface area contributed by atoms with E-state index in [0.29, 0.717) is 30.3 Å². The molecule has 6 nitrogen and oxygen atoms in total. The summed E-state index contributed by atoms with van der Waals surface area (Å²) in [5.74, 6) is -0.174. The highest BCUT2D eigenvalue weighted by atomic mass is 19.1. The summed E-state index contributed by atoms with van der Waals surface area (Å²) in [7, 11) is 0. The number of halogens is 1. The molecule has 138 valence electrons. The number of rotatable bonds is 7. The van der Waals surface area contributed by atoms with Crippen molar-refractivity contribution in [3.8, 4) is 0 Å². The number of hydrogen-bond donors (Lipinski definition) is 3. The van der Waals surface area contributed by atoms with Gasteiger partial charge in [-0.3, -0.25) is 0 Å². The fourth-order valence-electron chi connectivity index (χ4n) is 2.57. The number of anilines is 3. The molecule has 0 radical (unpaired) electrons. The molecule has 0 fully saturated rings. The summed E-state index contributed by atoms with van der Waals surface area (Å²) in [5.41, 5.74) is 2.34. The summed E-state index contributed by atoms with van der Waals surface area (Å²) in [6.45, 7) is 2.35. The molecule has 0 amide bonds. The summed E-state index contributed by atoms with van der Waals surface area (Å²) >= 11 is 0. The minimum Gasteiger partial charge on any atom is -0.478 e. The molecule has 0 unspecified atom stereocenters. The minimum atomic E-state index is -0.972. The zero-order valence-corrected chi connectivity index (χ0v) is 14.7. The second kappa shape index (κ2) is 8.27. The fraction of sp³-hybridized carbons (Fsp3) is 0.150. The Morgan fingerprint density at radius 1 is 1.11 bits per heavy atom. The number of carboxylic acids is 1. The maximum Gasteiger partial charge on any atom is 0.335 e. The van der Waals surface area contributed by atoms with Gasteiger partial charge in [0.05, 0.1) is 5.56 Å². The summed E-state index contributed by atoms with van der Waals surface area (Å²) < 4.78 is 13.7. The maximum atomic E-state index is 13.7. The summed E-state index contributed by atoms with van der Waals surface area (Å²) in [6, 6.07) is 14.8. The minimum absolute atomic E-state index is 0.218. The number of aryl methyl sites for hydroxylation is 1. The van der Waals surface area contributed by atoms with Gasteiger partial charge in [-0.25, -0.2) is 14.2 Å². The third kappa shape index (κ3) is 5.01. The molecule has 3 N–H and O–H groups in total. The van der Waals surface area contributed by atoms with Gasteiger partial charge < -0.3 is 15.7 Å². The predicted octanol–water partition coefficient (Wildman–Crippen LogP) is 4.02. The first kappa shape index (κ1) is 18.3. The summed E-state index contributed by atoms with van der Waals surface area (Å²) in [4.78, 5) is 19.6. The lowest BCUT2D eigenvalue weighted by molar-refractivity contribution is 0.0697. The Kier molecular flexibility index (Phi) is 5.61. The fourth-order valence-corrected chi connectivity index (χ4v) is 2.57. The molecule has 0 aliphatic rings. The van der Waals surface area contributed by atoms with Crippen molar-refractivity contribution in [3.05, 3.63) is 77.2 Å². The predicted molar refractivity (Wildman–Crippen MR) is 102 cm³/mol. The monoisotopic (exact) mass is 366 g/mol. The molecule has 0 bridgehead atoms. The van der Waals surface area contributed by atoms with Crippen molar-refractivity contribution in [1.82, 2.24) is 9.97 Å². The molecule has 0 aliphatic heterocycles. The molecule has 7 heteroatoms. The van der Waals surface area contributed by atoms with Gasteiger partial charge in [-0.15, -0.1) is 0 Å². The third-order valence-corrected chi connectivity index (χ3v) is 3.89. The van der Waals surface area contributed by atoms with E-state index in [2.05, 4.69) is 20.6 Å². The number of aromatic nitrogens is 2. The van der Waals surface area contributed by atoms with Crippen molar-refractivity contribution >= 4 is 23.4 Å². The first-order valence-electron chi connectivity index (χ1n) is 8.44. The summed E-state index contributed by atoms with van der Waals surface area (Å²) in [5, 5.41) is 15.2. The molecule has 0 aliphatic carbocycles. The zero-order chi connectivity index (χ0) is 19.2. The van der Waals surface area contributed by atoms with Gasteiger partial charge in [0, 0.05) is 24.0 Å². The molecule has 27 heavy (non-hydrogen) atoms. The van der Waals surface area contributed by atoms with Crippen molar-refractivity contribution in [1.29, 1.82) is 0 Å². The van der Waals surface area contributed by atoms with Crippen LogP contribution in [0.1, 0.15) is 21.6 Å². The SMILES string of the molecule is Cc1cc(Nc2ccc(C(=O)O)cc2)nc(NCCc2ccccc2F)n1. The molecule has 0 saturated heterocycles. The normalized spacial score (nSPS) is 10.4. The zero-order valence-electron chi connectivity index (χ0n) is 14.7. The van der Waals surface area contributed by atoms with E-state index in [-0.39, 0.29) is 11.4 Å². The first-order valence-corrected chi connectivity index (χ1v) is 8.44. The van der Waals surface area contributed by atoms with Crippen LogP contribution < -0.4 is 10.6 Å². The number of nitrogens with one attached hydrogen (secondary N) is 2. The molecule has 3 aromatic rings. The molecule has 2 aromatic carbocycles. The van der Waals surface area contributed by atoms with Crippen LogP contribution in [-0.2, 0) is 6.42 Å². The average Bonchev–Trinajstić information content (AvgIpc) is 2.63. The first-order chi connectivity index (χ1) is 13.0. The van der Waals surface area contributed by atoms with E-state index in [1.807, 2.05) is 6.92 Å². The van der Waals surface area contributed by atoms with Gasteiger partial charge in [0.1, 0.15) is 11.6 Å². The standard InChI is InChI=1S/C20H19FN4O2/c1-13-12-18(24-16-8-6-15(7-9-16)19(26)27)25-20(23-13)22-11-10-14-4-2-3-5-17(14)21/h2-9,12H,10-11H2,1H3,(H,26,27)(H2,22,23,24,25). The van der Waals surface area contributed by atoms with E-state index < -0.39 is 5.97 Å². The number of carbonyl (C=O) groups is 1. The van der Waals surface area contributed by atoms with Crippen LogP contribution in [-0.4, -0.2) is 27.6 Å². The average molecular weight is 366 g/mol. The van der Waals surface area contributed by atoms with Gasteiger partial charge in [0.25, 0.3) is 0 Å². The van der Waals surface area contributed by atoms with Crippen LogP contribution in [0.4, 0.5) is 21.8 Å². The lowest BCUT2D eigenvalue weighted by Crippen LogP contribution is -2.10. The molecular formula is C20H19FN4O2. The van der Waals surface area contributed by atoms with Crippen molar-refractivity contribution in [2.24, 2.45) is 0 Å². The van der Waals surface area contributed by atoms with Gasteiger partial charge >= 0.3 is 5.97 Å². The maximum absolute atomic E-state index is 13.7. The highest BCUT2D eigenvalue weighted by Gasteiger charge is 2.06. The van der Waals surface area contributed by atoms with Crippen molar-refractivity contribution in [2.45, 2.75) is 13.3 Å². The molecule has 0 atom stereocenters. The van der Waals surface area contributed by atoms with E-state index in [9.17, 15) is 9.18 Å². The van der Waals surface area contributed by atoms with Gasteiger partial charge in [0.15, 0.2) is 0 Å². The highest BCUT2D eigenvalue weighted by molar-refractivity contribution is 5.88. The largest absolute Gasteiger partial charge is 0.478 e. The molecule has 1 heterocycles. The molecule has 0 saturated carbocycles. The molecule has 0 spiro atoms. The van der Waals surface area contributed by atoms with Crippen LogP contribution in [0.25, 0.3) is 0 Å². The highest BCUT2D eigenvalue weighted by Crippen LogP contribution is 2.17. The van der Waals surface area contributed by atoms with E-state index in [1.165, 1.54) is 18.2 Å². The number of aromatic carboxylic acids is 1. The van der Waals surface area contributed by atoms with Crippen LogP contribution in [0.15, 0.2) is 54.6 Å². The smallest absolute Gasteiger partial charge is 0.335 e. The Morgan fingerprint density at radius 2 is 1.85 bits per heavy atom. The lowest BCUT2D eigenvalue weighted by atomic mass is 10.1. The van der Waals surface area contributed by atoms with Crippen LogP contribution in [0.2, 0.25) is 0 Å². The van der Waals surface area contributed by atoms with Crippen molar-refractivity contribution < 1.29 is 14.3 Å². The van der Waals surface area contributed by atoms with Crippen molar-refractivity contribution in [2.75, 3.05) is 17.2 Å². The van der Waals surface area contributed by atoms with E-state index in [4.69, 9.17) is 5.11 Å². The van der Waals surface area contributed by atoms with Crippen LogP contribution >= 0.6 is 0 Å². The second-order valence-corrected chi connectivity index (χ2v) is 5.99. The Hall–Kier alpha value is -3.48.